The third-order valence-corrected chi connectivity index (χ3v) is 6.65. The van der Waals surface area contributed by atoms with Crippen molar-refractivity contribution in [2.24, 2.45) is 10.6 Å². The zero-order chi connectivity index (χ0) is 20.7. The molecule has 1 N–H and O–H groups in total. The standard InChI is InChI=1S/C23H22ClFN4O/c24-17-3-1-16(2-4-17)22(27-30)29-14-23(15-29)8-11-28(12-9-23)21-7-10-26-20-6-5-18(25)13-19(20)21/h1-7,10,13,30H,8-9,11-12,14-15H2/b27-22+. The van der Waals surface area contributed by atoms with Crippen molar-refractivity contribution in [3.63, 3.8) is 0 Å². The maximum Gasteiger partial charge on any atom is 0.175 e. The average Bonchev–Trinajstić information content (AvgIpc) is 2.74. The molecule has 2 fully saturated rings. The van der Waals surface area contributed by atoms with Crippen molar-refractivity contribution in [1.82, 2.24) is 9.88 Å². The molecule has 0 unspecified atom stereocenters. The number of fused-ring (bicyclic) bond motifs is 1. The van der Waals surface area contributed by atoms with Gasteiger partial charge in [-0.25, -0.2) is 4.39 Å². The SMILES string of the molecule is O/N=C(\c1ccc(Cl)cc1)N1CC2(CCN(c3ccnc4ccc(F)cc34)CC2)C1. The first-order valence-electron chi connectivity index (χ1n) is 10.1. The molecule has 5 nitrogen and oxygen atoms in total. The minimum absolute atomic E-state index is 0.229. The van der Waals surface area contributed by atoms with E-state index < -0.39 is 0 Å². The van der Waals surface area contributed by atoms with E-state index in [0.29, 0.717) is 10.9 Å². The molecule has 5 rings (SSSR count). The smallest absolute Gasteiger partial charge is 0.175 e. The number of anilines is 1. The largest absolute Gasteiger partial charge is 0.409 e. The van der Waals surface area contributed by atoms with E-state index in [1.54, 1.807) is 30.5 Å². The molecule has 2 aliphatic heterocycles. The lowest BCUT2D eigenvalue weighted by molar-refractivity contribution is 0.0316. The summed E-state index contributed by atoms with van der Waals surface area (Å²) in [6.07, 6.45) is 3.88. The van der Waals surface area contributed by atoms with E-state index in [1.165, 1.54) is 6.07 Å². The number of hydrogen-bond acceptors (Lipinski definition) is 4. The Morgan fingerprint density at radius 2 is 1.80 bits per heavy atom. The Labute approximate surface area is 179 Å². The van der Waals surface area contributed by atoms with E-state index in [1.807, 2.05) is 18.2 Å². The van der Waals surface area contributed by atoms with Gasteiger partial charge in [0, 0.05) is 59.5 Å². The van der Waals surface area contributed by atoms with Gasteiger partial charge in [-0.1, -0.05) is 16.8 Å². The van der Waals surface area contributed by atoms with Crippen LogP contribution in [0.15, 0.2) is 59.9 Å². The van der Waals surface area contributed by atoms with Crippen LogP contribution < -0.4 is 4.90 Å². The Bertz CT molecular complexity index is 1100. The number of hydrogen-bond donors (Lipinski definition) is 1. The van der Waals surface area contributed by atoms with Gasteiger partial charge in [0.25, 0.3) is 0 Å². The van der Waals surface area contributed by atoms with Gasteiger partial charge >= 0.3 is 0 Å². The Morgan fingerprint density at radius 1 is 1.07 bits per heavy atom. The van der Waals surface area contributed by atoms with Crippen LogP contribution in [0.1, 0.15) is 18.4 Å². The lowest BCUT2D eigenvalue weighted by Gasteiger charge is -2.55. The molecule has 0 atom stereocenters. The Morgan fingerprint density at radius 3 is 2.50 bits per heavy atom. The molecular weight excluding hydrogens is 403 g/mol. The number of pyridine rings is 1. The van der Waals surface area contributed by atoms with Crippen LogP contribution in [0.25, 0.3) is 10.9 Å². The second kappa shape index (κ2) is 7.43. The monoisotopic (exact) mass is 424 g/mol. The normalized spacial score (nSPS) is 18.7. The van der Waals surface area contributed by atoms with Gasteiger partial charge in [-0.15, -0.1) is 0 Å². The summed E-state index contributed by atoms with van der Waals surface area (Å²) in [4.78, 5) is 8.81. The number of oxime groups is 1. The average molecular weight is 425 g/mol. The number of halogens is 2. The molecule has 7 heteroatoms. The highest BCUT2D eigenvalue weighted by molar-refractivity contribution is 6.30. The minimum Gasteiger partial charge on any atom is -0.409 e. The highest BCUT2D eigenvalue weighted by Crippen LogP contribution is 2.42. The second-order valence-corrected chi connectivity index (χ2v) is 8.70. The Hall–Kier alpha value is -2.86. The van der Waals surface area contributed by atoms with Gasteiger partial charge in [0.15, 0.2) is 5.84 Å². The molecule has 154 valence electrons. The summed E-state index contributed by atoms with van der Waals surface area (Å²) in [5, 5.41) is 14.6. The predicted octanol–water partition coefficient (Wildman–Crippen LogP) is 4.77. The van der Waals surface area contributed by atoms with Crippen LogP contribution in [-0.4, -0.2) is 47.1 Å². The van der Waals surface area contributed by atoms with Gasteiger partial charge in [-0.2, -0.15) is 0 Å². The number of amidine groups is 1. The first-order valence-corrected chi connectivity index (χ1v) is 10.5. The lowest BCUT2D eigenvalue weighted by atomic mass is 9.71. The van der Waals surface area contributed by atoms with Crippen LogP contribution in [0.5, 0.6) is 0 Å². The van der Waals surface area contributed by atoms with E-state index in [-0.39, 0.29) is 11.2 Å². The molecule has 2 aromatic carbocycles. The third-order valence-electron chi connectivity index (χ3n) is 6.39. The van der Waals surface area contributed by atoms with Crippen LogP contribution in [-0.2, 0) is 0 Å². The summed E-state index contributed by atoms with van der Waals surface area (Å²) in [5.41, 5.74) is 2.95. The van der Waals surface area contributed by atoms with E-state index in [2.05, 4.69) is 19.9 Å². The van der Waals surface area contributed by atoms with Crippen LogP contribution in [0.3, 0.4) is 0 Å². The van der Waals surface area contributed by atoms with Crippen molar-refractivity contribution in [2.45, 2.75) is 12.8 Å². The van der Waals surface area contributed by atoms with Gasteiger partial charge < -0.3 is 15.0 Å². The summed E-state index contributed by atoms with van der Waals surface area (Å²) >= 11 is 5.97. The molecule has 0 aliphatic carbocycles. The van der Waals surface area contributed by atoms with Crippen molar-refractivity contribution in [3.05, 3.63) is 71.1 Å². The lowest BCUT2D eigenvalue weighted by Crippen LogP contribution is -2.62. The van der Waals surface area contributed by atoms with E-state index in [0.717, 1.165) is 61.2 Å². The van der Waals surface area contributed by atoms with E-state index in [4.69, 9.17) is 11.6 Å². The van der Waals surface area contributed by atoms with Crippen LogP contribution >= 0.6 is 11.6 Å². The summed E-state index contributed by atoms with van der Waals surface area (Å²) in [6, 6.07) is 14.1. The van der Waals surface area contributed by atoms with Crippen molar-refractivity contribution in [1.29, 1.82) is 0 Å². The molecule has 0 radical (unpaired) electrons. The van der Waals surface area contributed by atoms with Crippen LogP contribution in [0, 0.1) is 11.2 Å². The van der Waals surface area contributed by atoms with Crippen LogP contribution in [0.4, 0.5) is 10.1 Å². The molecule has 1 spiro atoms. The van der Waals surface area contributed by atoms with Gasteiger partial charge in [-0.3, -0.25) is 4.98 Å². The summed E-state index contributed by atoms with van der Waals surface area (Å²) in [6.45, 7) is 3.56. The fourth-order valence-electron chi connectivity index (χ4n) is 4.73. The molecule has 1 aromatic heterocycles. The fourth-order valence-corrected chi connectivity index (χ4v) is 4.86. The topological polar surface area (TPSA) is 52.0 Å². The maximum atomic E-state index is 13.8. The number of likely N-dealkylation sites (tertiary alicyclic amines) is 1. The van der Waals surface area contributed by atoms with E-state index in [9.17, 15) is 9.60 Å². The predicted molar refractivity (Wildman–Crippen MR) is 117 cm³/mol. The van der Waals surface area contributed by atoms with Gasteiger partial charge in [-0.05, 0) is 61.4 Å². The summed E-state index contributed by atoms with van der Waals surface area (Å²) in [5.74, 6) is 0.355. The second-order valence-electron chi connectivity index (χ2n) is 8.27. The summed E-state index contributed by atoms with van der Waals surface area (Å²) in [7, 11) is 0. The summed E-state index contributed by atoms with van der Waals surface area (Å²) < 4.78 is 13.8. The fraction of sp³-hybridized carbons (Fsp3) is 0.304. The Balaban J connectivity index is 1.27. The number of rotatable bonds is 2. The number of benzene rings is 2. The Kier molecular flexibility index (Phi) is 4.74. The molecule has 3 aromatic rings. The first-order chi connectivity index (χ1) is 14.6. The molecule has 0 amide bonds. The first kappa shape index (κ1) is 19.1. The number of nitrogens with zero attached hydrogens (tertiary/aromatic N) is 4. The van der Waals surface area contributed by atoms with Crippen LogP contribution in [0.2, 0.25) is 5.02 Å². The molecule has 3 heterocycles. The van der Waals surface area contributed by atoms with Crippen molar-refractivity contribution < 1.29 is 9.60 Å². The highest BCUT2D eigenvalue weighted by Gasteiger charge is 2.46. The van der Waals surface area contributed by atoms with Crippen molar-refractivity contribution in [3.8, 4) is 0 Å². The molecule has 2 saturated heterocycles. The zero-order valence-corrected chi connectivity index (χ0v) is 17.2. The zero-order valence-electron chi connectivity index (χ0n) is 16.4. The molecular formula is C23H22ClFN4O. The van der Waals surface area contributed by atoms with Gasteiger partial charge in [0.05, 0.1) is 5.52 Å². The number of piperidine rings is 1. The third kappa shape index (κ3) is 3.35. The van der Waals surface area contributed by atoms with Crippen molar-refractivity contribution in [2.75, 3.05) is 31.1 Å². The molecule has 0 saturated carbocycles. The van der Waals surface area contributed by atoms with Crippen molar-refractivity contribution >= 4 is 34.0 Å². The molecule has 2 aliphatic rings. The molecule has 0 bridgehead atoms. The minimum atomic E-state index is -0.238. The van der Waals surface area contributed by atoms with Gasteiger partial charge in [0.1, 0.15) is 5.82 Å². The maximum absolute atomic E-state index is 13.8. The quantitative estimate of drug-likeness (QED) is 0.279. The van der Waals surface area contributed by atoms with E-state index >= 15 is 0 Å². The number of aromatic nitrogens is 1. The van der Waals surface area contributed by atoms with Gasteiger partial charge in [0.2, 0.25) is 0 Å². The molecule has 30 heavy (non-hydrogen) atoms. The highest BCUT2D eigenvalue weighted by atomic mass is 35.5.